The van der Waals surface area contributed by atoms with Crippen LogP contribution < -0.4 is 4.74 Å². The zero-order chi connectivity index (χ0) is 13.1. The molecule has 0 fully saturated rings. The quantitative estimate of drug-likeness (QED) is 0.838. The van der Waals surface area contributed by atoms with Gasteiger partial charge in [0.1, 0.15) is 17.1 Å². The number of carbonyl (C=O) groups excluding carboxylic acids is 1. The largest absolute Gasteiger partial charge is 0.496 e. The van der Waals surface area contributed by atoms with Crippen LogP contribution in [0.2, 0.25) is 0 Å². The molecule has 0 saturated heterocycles. The van der Waals surface area contributed by atoms with Crippen molar-refractivity contribution in [2.75, 3.05) is 7.11 Å². The second kappa shape index (κ2) is 4.75. The lowest BCUT2D eigenvalue weighted by molar-refractivity contribution is 0.0693. The Bertz CT molecular complexity index is 597. The number of benzene rings is 1. The lowest BCUT2D eigenvalue weighted by atomic mass is 10.1. The molecule has 0 bridgehead atoms. The number of carboxylic acid groups (broad SMARTS) is 1. The maximum Gasteiger partial charge on any atom is 0.339 e. The summed E-state index contributed by atoms with van der Waals surface area (Å²) in [4.78, 5) is 21.6. The fourth-order valence-electron chi connectivity index (χ4n) is 1.60. The van der Waals surface area contributed by atoms with E-state index < -0.39 is 5.97 Å². The summed E-state index contributed by atoms with van der Waals surface area (Å²) < 4.78 is 10.2. The summed E-state index contributed by atoms with van der Waals surface area (Å²) in [6.45, 7) is 0. The molecule has 5 heteroatoms. The molecule has 18 heavy (non-hydrogen) atoms. The molecule has 92 valence electrons. The fourth-order valence-corrected chi connectivity index (χ4v) is 1.60. The second-order valence-corrected chi connectivity index (χ2v) is 3.54. The van der Waals surface area contributed by atoms with Crippen molar-refractivity contribution in [2.45, 2.75) is 0 Å². The van der Waals surface area contributed by atoms with Crippen molar-refractivity contribution in [2.24, 2.45) is 0 Å². The van der Waals surface area contributed by atoms with Crippen LogP contribution >= 0.6 is 0 Å². The Morgan fingerprint density at radius 1 is 1.33 bits per heavy atom. The van der Waals surface area contributed by atoms with E-state index in [0.29, 0.717) is 17.6 Å². The Labute approximate surface area is 103 Å². The summed E-state index contributed by atoms with van der Waals surface area (Å²) in [7, 11) is 1.40. The summed E-state index contributed by atoms with van der Waals surface area (Å²) in [5.41, 5.74) is 0.611. The molecule has 1 heterocycles. The van der Waals surface area contributed by atoms with Crippen LogP contribution in [-0.2, 0) is 0 Å². The highest BCUT2D eigenvalue weighted by Crippen LogP contribution is 2.27. The SMILES string of the molecule is COc1ccc(-c2ccc(C=O)o2)cc1C(=O)O. The van der Waals surface area contributed by atoms with Crippen molar-refractivity contribution < 1.29 is 23.8 Å². The number of carbonyl (C=O) groups is 2. The number of hydrogen-bond acceptors (Lipinski definition) is 4. The fraction of sp³-hybridized carbons (Fsp3) is 0.0769. The summed E-state index contributed by atoms with van der Waals surface area (Å²) in [5, 5.41) is 9.05. The van der Waals surface area contributed by atoms with Crippen molar-refractivity contribution in [3.05, 3.63) is 41.7 Å². The monoisotopic (exact) mass is 246 g/mol. The number of ether oxygens (including phenoxy) is 1. The summed E-state index contributed by atoms with van der Waals surface area (Å²) >= 11 is 0. The smallest absolute Gasteiger partial charge is 0.339 e. The van der Waals surface area contributed by atoms with Gasteiger partial charge in [0.25, 0.3) is 0 Å². The lowest BCUT2D eigenvalue weighted by Gasteiger charge is -2.06. The van der Waals surface area contributed by atoms with Crippen LogP contribution in [0.4, 0.5) is 0 Å². The number of aldehydes is 1. The van der Waals surface area contributed by atoms with Crippen LogP contribution in [-0.4, -0.2) is 24.5 Å². The number of hydrogen-bond donors (Lipinski definition) is 1. The van der Waals surface area contributed by atoms with Crippen LogP contribution in [0.5, 0.6) is 5.75 Å². The first-order chi connectivity index (χ1) is 8.65. The van der Waals surface area contributed by atoms with Gasteiger partial charge in [-0.05, 0) is 30.3 Å². The molecular weight excluding hydrogens is 236 g/mol. The van der Waals surface area contributed by atoms with E-state index in [1.165, 1.54) is 19.2 Å². The van der Waals surface area contributed by atoms with Crippen LogP contribution in [0.25, 0.3) is 11.3 Å². The third kappa shape index (κ3) is 2.10. The number of methoxy groups -OCH3 is 1. The molecular formula is C13H10O5. The average molecular weight is 246 g/mol. The third-order valence-electron chi connectivity index (χ3n) is 2.46. The van der Waals surface area contributed by atoms with Crippen molar-refractivity contribution in [3.8, 4) is 17.1 Å². The molecule has 0 aliphatic heterocycles. The predicted octanol–water partition coefficient (Wildman–Crippen LogP) is 2.47. The van der Waals surface area contributed by atoms with E-state index in [0.717, 1.165) is 0 Å². The highest BCUT2D eigenvalue weighted by molar-refractivity contribution is 5.92. The molecule has 1 N–H and O–H groups in total. The normalized spacial score (nSPS) is 10.1. The molecule has 2 rings (SSSR count). The molecule has 0 unspecified atom stereocenters. The summed E-state index contributed by atoms with van der Waals surface area (Å²) in [6.07, 6.45) is 0.588. The van der Waals surface area contributed by atoms with Crippen LogP contribution in [0.3, 0.4) is 0 Å². The van der Waals surface area contributed by atoms with E-state index in [2.05, 4.69) is 0 Å². The van der Waals surface area contributed by atoms with E-state index in [4.69, 9.17) is 14.3 Å². The van der Waals surface area contributed by atoms with Gasteiger partial charge in [-0.2, -0.15) is 0 Å². The molecule has 0 atom stereocenters. The maximum atomic E-state index is 11.1. The van der Waals surface area contributed by atoms with Gasteiger partial charge in [0, 0.05) is 5.56 Å². The minimum atomic E-state index is -1.09. The van der Waals surface area contributed by atoms with Crippen molar-refractivity contribution in [3.63, 3.8) is 0 Å². The van der Waals surface area contributed by atoms with Crippen molar-refractivity contribution in [1.82, 2.24) is 0 Å². The van der Waals surface area contributed by atoms with E-state index in [1.54, 1.807) is 18.2 Å². The highest BCUT2D eigenvalue weighted by atomic mass is 16.5. The first-order valence-electron chi connectivity index (χ1n) is 5.12. The van der Waals surface area contributed by atoms with Crippen LogP contribution in [0.15, 0.2) is 34.7 Å². The van der Waals surface area contributed by atoms with Crippen molar-refractivity contribution >= 4 is 12.3 Å². The first-order valence-corrected chi connectivity index (χ1v) is 5.12. The molecule has 0 radical (unpaired) electrons. The lowest BCUT2D eigenvalue weighted by Crippen LogP contribution is -2.00. The van der Waals surface area contributed by atoms with Gasteiger partial charge < -0.3 is 14.3 Å². The molecule has 0 spiro atoms. The molecule has 1 aromatic heterocycles. The highest BCUT2D eigenvalue weighted by Gasteiger charge is 2.13. The Kier molecular flexibility index (Phi) is 3.14. The summed E-state index contributed by atoms with van der Waals surface area (Å²) in [6, 6.07) is 7.78. The summed E-state index contributed by atoms with van der Waals surface area (Å²) in [5.74, 6) is -0.191. The van der Waals surface area contributed by atoms with E-state index in [9.17, 15) is 9.59 Å². The molecule has 2 aromatic rings. The minimum Gasteiger partial charge on any atom is -0.496 e. The van der Waals surface area contributed by atoms with Crippen LogP contribution in [0, 0.1) is 0 Å². The van der Waals surface area contributed by atoms with Gasteiger partial charge in [-0.15, -0.1) is 0 Å². The molecule has 1 aromatic carbocycles. The standard InChI is InChI=1S/C13H10O5/c1-17-12-4-2-8(6-10(12)13(15)16)11-5-3-9(7-14)18-11/h2-7H,1H3,(H,15,16). The number of carboxylic acids is 1. The average Bonchev–Trinajstić information content (AvgIpc) is 2.86. The Morgan fingerprint density at radius 3 is 2.67 bits per heavy atom. The van der Waals surface area contributed by atoms with Gasteiger partial charge >= 0.3 is 5.97 Å². The van der Waals surface area contributed by atoms with Gasteiger partial charge in [-0.1, -0.05) is 0 Å². The van der Waals surface area contributed by atoms with Crippen molar-refractivity contribution in [1.29, 1.82) is 0 Å². The third-order valence-corrected chi connectivity index (χ3v) is 2.46. The Hall–Kier alpha value is -2.56. The molecule has 0 saturated carbocycles. The Morgan fingerprint density at radius 2 is 2.11 bits per heavy atom. The van der Waals surface area contributed by atoms with Gasteiger partial charge in [0.15, 0.2) is 12.0 Å². The second-order valence-electron chi connectivity index (χ2n) is 3.54. The molecule has 0 aliphatic rings. The first kappa shape index (κ1) is 11.9. The van der Waals surface area contributed by atoms with Gasteiger partial charge in [0.05, 0.1) is 7.11 Å². The minimum absolute atomic E-state index is 0.0408. The van der Waals surface area contributed by atoms with Gasteiger partial charge in [-0.25, -0.2) is 4.79 Å². The van der Waals surface area contributed by atoms with Gasteiger partial charge in [0.2, 0.25) is 0 Å². The zero-order valence-electron chi connectivity index (χ0n) is 9.54. The van der Waals surface area contributed by atoms with Crippen LogP contribution in [0.1, 0.15) is 20.9 Å². The number of furan rings is 1. The Balaban J connectivity index is 2.49. The zero-order valence-corrected chi connectivity index (χ0v) is 9.54. The molecule has 0 aliphatic carbocycles. The van der Waals surface area contributed by atoms with E-state index >= 15 is 0 Å². The topological polar surface area (TPSA) is 76.7 Å². The number of aromatic carboxylic acids is 1. The van der Waals surface area contributed by atoms with E-state index in [1.807, 2.05) is 0 Å². The number of rotatable bonds is 4. The van der Waals surface area contributed by atoms with E-state index in [-0.39, 0.29) is 17.1 Å². The molecule has 0 amide bonds. The predicted molar refractivity (Wildman–Crippen MR) is 63.0 cm³/mol. The molecule has 5 nitrogen and oxygen atoms in total. The van der Waals surface area contributed by atoms with Gasteiger partial charge in [-0.3, -0.25) is 4.79 Å². The maximum absolute atomic E-state index is 11.1.